The number of aromatic nitrogens is 1. The lowest BCUT2D eigenvalue weighted by atomic mass is 10.1. The van der Waals surface area contributed by atoms with Crippen LogP contribution in [0.5, 0.6) is 0 Å². The summed E-state index contributed by atoms with van der Waals surface area (Å²) in [5.41, 5.74) is 1.52. The van der Waals surface area contributed by atoms with Crippen LogP contribution in [0.3, 0.4) is 0 Å². The van der Waals surface area contributed by atoms with E-state index >= 15 is 0 Å². The molecule has 2 heterocycles. The summed E-state index contributed by atoms with van der Waals surface area (Å²) in [5, 5.41) is 5.51. The van der Waals surface area contributed by atoms with E-state index in [4.69, 9.17) is 0 Å². The quantitative estimate of drug-likeness (QED) is 0.715. The number of hydrogen-bond donors (Lipinski definition) is 2. The van der Waals surface area contributed by atoms with Crippen molar-refractivity contribution < 1.29 is 14.4 Å². The lowest BCUT2D eigenvalue weighted by Gasteiger charge is -2.16. The monoisotopic (exact) mass is 366 g/mol. The first-order valence-electron chi connectivity index (χ1n) is 8.91. The average molecular weight is 366 g/mol. The minimum Gasteiger partial charge on any atom is -0.354 e. The number of nitrogens with one attached hydrogen (secondary N) is 2. The Hall–Kier alpha value is -3.22. The van der Waals surface area contributed by atoms with E-state index in [0.29, 0.717) is 31.7 Å². The molecule has 0 bridgehead atoms. The van der Waals surface area contributed by atoms with Gasteiger partial charge in [0.15, 0.2) is 0 Å². The smallest absolute Gasteiger partial charge is 0.252 e. The van der Waals surface area contributed by atoms with Crippen molar-refractivity contribution in [3.63, 3.8) is 0 Å². The Morgan fingerprint density at radius 1 is 1.07 bits per heavy atom. The second kappa shape index (κ2) is 8.93. The molecule has 1 aromatic carbocycles. The van der Waals surface area contributed by atoms with Gasteiger partial charge in [0.25, 0.3) is 5.91 Å². The van der Waals surface area contributed by atoms with Crippen LogP contribution >= 0.6 is 0 Å². The van der Waals surface area contributed by atoms with Crippen molar-refractivity contribution in [1.29, 1.82) is 0 Å². The number of nitrogens with zero attached hydrogens (tertiary/aromatic N) is 2. The van der Waals surface area contributed by atoms with Crippen molar-refractivity contribution in [2.75, 3.05) is 19.6 Å². The fraction of sp³-hybridized carbons (Fsp3) is 0.300. The zero-order valence-corrected chi connectivity index (χ0v) is 14.9. The Labute approximate surface area is 157 Å². The highest BCUT2D eigenvalue weighted by Gasteiger charge is 2.33. The second-order valence-electron chi connectivity index (χ2n) is 6.45. The van der Waals surface area contributed by atoms with Crippen LogP contribution in [0.1, 0.15) is 22.3 Å². The van der Waals surface area contributed by atoms with Crippen LogP contribution in [-0.2, 0) is 16.1 Å². The minimum atomic E-state index is -0.352. The summed E-state index contributed by atoms with van der Waals surface area (Å²) in [4.78, 5) is 41.9. The van der Waals surface area contributed by atoms with Crippen LogP contribution < -0.4 is 10.6 Å². The molecule has 1 aliphatic rings. The van der Waals surface area contributed by atoms with Gasteiger partial charge in [0, 0.05) is 45.0 Å². The van der Waals surface area contributed by atoms with Gasteiger partial charge in [0.2, 0.25) is 11.8 Å². The fourth-order valence-electron chi connectivity index (χ4n) is 3.01. The van der Waals surface area contributed by atoms with Crippen LogP contribution in [0.15, 0.2) is 54.9 Å². The van der Waals surface area contributed by atoms with Gasteiger partial charge in [-0.3, -0.25) is 19.4 Å². The van der Waals surface area contributed by atoms with Crippen molar-refractivity contribution in [2.45, 2.75) is 13.0 Å². The Bertz CT molecular complexity index is 795. The van der Waals surface area contributed by atoms with Crippen LogP contribution in [-0.4, -0.2) is 47.2 Å². The molecule has 1 aliphatic heterocycles. The largest absolute Gasteiger partial charge is 0.354 e. The highest BCUT2D eigenvalue weighted by atomic mass is 16.2. The normalized spacial score (nSPS) is 16.2. The van der Waals surface area contributed by atoms with Gasteiger partial charge in [-0.2, -0.15) is 0 Å². The first-order valence-corrected chi connectivity index (χ1v) is 8.91. The first-order chi connectivity index (χ1) is 13.1. The van der Waals surface area contributed by atoms with Crippen LogP contribution in [0, 0.1) is 5.92 Å². The first kappa shape index (κ1) is 18.6. The van der Waals surface area contributed by atoms with Crippen molar-refractivity contribution in [2.24, 2.45) is 5.92 Å². The predicted molar refractivity (Wildman–Crippen MR) is 99.5 cm³/mol. The molecule has 2 N–H and O–H groups in total. The lowest BCUT2D eigenvalue weighted by Crippen LogP contribution is -2.38. The number of likely N-dealkylation sites (tertiary alicyclic amines) is 1. The molecular formula is C20H22N4O3. The zero-order valence-electron chi connectivity index (χ0n) is 14.9. The van der Waals surface area contributed by atoms with Crippen molar-refractivity contribution in [1.82, 2.24) is 20.5 Å². The SMILES string of the molecule is O=C(NCCNC(=O)C1CC(=O)N(Cc2ccccc2)C1)c1cccnc1. The summed E-state index contributed by atoms with van der Waals surface area (Å²) in [6.45, 7) is 1.56. The van der Waals surface area contributed by atoms with Gasteiger partial charge in [-0.25, -0.2) is 0 Å². The summed E-state index contributed by atoms with van der Waals surface area (Å²) in [7, 11) is 0. The molecule has 3 rings (SSSR count). The van der Waals surface area contributed by atoms with Crippen molar-refractivity contribution in [3.8, 4) is 0 Å². The molecule has 7 nitrogen and oxygen atoms in total. The van der Waals surface area contributed by atoms with Gasteiger partial charge in [-0.1, -0.05) is 30.3 Å². The molecule has 0 spiro atoms. The van der Waals surface area contributed by atoms with E-state index < -0.39 is 0 Å². The molecule has 1 aromatic heterocycles. The van der Waals surface area contributed by atoms with Crippen LogP contribution in [0.2, 0.25) is 0 Å². The molecule has 1 saturated heterocycles. The van der Waals surface area contributed by atoms with Gasteiger partial charge < -0.3 is 15.5 Å². The van der Waals surface area contributed by atoms with E-state index in [0.717, 1.165) is 5.56 Å². The van der Waals surface area contributed by atoms with E-state index in [1.165, 1.54) is 6.20 Å². The number of rotatable bonds is 7. The molecule has 140 valence electrons. The summed E-state index contributed by atoms with van der Waals surface area (Å²) in [6, 6.07) is 13.1. The Morgan fingerprint density at radius 2 is 1.85 bits per heavy atom. The van der Waals surface area contributed by atoms with Gasteiger partial charge in [0.1, 0.15) is 0 Å². The highest BCUT2D eigenvalue weighted by Crippen LogP contribution is 2.20. The topological polar surface area (TPSA) is 91.4 Å². The fourth-order valence-corrected chi connectivity index (χ4v) is 3.01. The number of pyridine rings is 1. The van der Waals surface area contributed by atoms with Gasteiger partial charge >= 0.3 is 0 Å². The third kappa shape index (κ3) is 5.13. The Balaban J connectivity index is 1.40. The van der Waals surface area contributed by atoms with E-state index in [2.05, 4.69) is 15.6 Å². The van der Waals surface area contributed by atoms with Gasteiger partial charge in [0.05, 0.1) is 11.5 Å². The van der Waals surface area contributed by atoms with Crippen LogP contribution in [0.25, 0.3) is 0 Å². The van der Waals surface area contributed by atoms with E-state index in [1.807, 2.05) is 30.3 Å². The third-order valence-electron chi connectivity index (χ3n) is 4.44. The molecule has 7 heteroatoms. The van der Waals surface area contributed by atoms with Gasteiger partial charge in [-0.05, 0) is 17.7 Å². The molecule has 0 aliphatic carbocycles. The van der Waals surface area contributed by atoms with Crippen molar-refractivity contribution in [3.05, 3.63) is 66.0 Å². The summed E-state index contributed by atoms with van der Waals surface area (Å²) < 4.78 is 0. The molecule has 3 amide bonds. The van der Waals surface area contributed by atoms with Crippen molar-refractivity contribution >= 4 is 17.7 Å². The summed E-state index contributed by atoms with van der Waals surface area (Å²) in [5.74, 6) is -0.754. The maximum Gasteiger partial charge on any atom is 0.252 e. The number of carbonyl (C=O) groups excluding carboxylic acids is 3. The molecule has 27 heavy (non-hydrogen) atoms. The third-order valence-corrected chi connectivity index (χ3v) is 4.44. The van der Waals surface area contributed by atoms with E-state index in [9.17, 15) is 14.4 Å². The Morgan fingerprint density at radius 3 is 2.59 bits per heavy atom. The number of carbonyl (C=O) groups is 3. The maximum absolute atomic E-state index is 12.3. The summed E-state index contributed by atoms with van der Waals surface area (Å²) >= 11 is 0. The van der Waals surface area contributed by atoms with Gasteiger partial charge in [-0.15, -0.1) is 0 Å². The lowest BCUT2D eigenvalue weighted by molar-refractivity contribution is -0.129. The number of benzene rings is 1. The minimum absolute atomic E-state index is 0.0103. The summed E-state index contributed by atoms with van der Waals surface area (Å²) in [6.07, 6.45) is 3.31. The highest BCUT2D eigenvalue weighted by molar-refractivity contribution is 5.93. The maximum atomic E-state index is 12.3. The standard InChI is InChI=1S/C20H22N4O3/c25-18-11-17(14-24(18)13-15-5-2-1-3-6-15)20(27)23-10-9-22-19(26)16-7-4-8-21-12-16/h1-8,12,17H,9-11,13-14H2,(H,22,26)(H,23,27). The molecule has 1 atom stereocenters. The van der Waals surface area contributed by atoms with Crippen LogP contribution in [0.4, 0.5) is 0 Å². The molecule has 0 saturated carbocycles. The predicted octanol–water partition coefficient (Wildman–Crippen LogP) is 0.976. The Kier molecular flexibility index (Phi) is 6.14. The second-order valence-corrected chi connectivity index (χ2v) is 6.45. The number of amides is 3. The zero-order chi connectivity index (χ0) is 19.1. The number of hydrogen-bond acceptors (Lipinski definition) is 4. The average Bonchev–Trinajstić information content (AvgIpc) is 3.07. The van der Waals surface area contributed by atoms with E-state index in [1.54, 1.807) is 23.2 Å². The molecule has 1 fully saturated rings. The molecule has 0 radical (unpaired) electrons. The van der Waals surface area contributed by atoms with E-state index in [-0.39, 0.29) is 30.1 Å². The molecule has 2 aromatic rings. The molecular weight excluding hydrogens is 344 g/mol. The molecule has 1 unspecified atom stereocenters.